The van der Waals surface area contributed by atoms with Crippen molar-refractivity contribution in [2.75, 3.05) is 0 Å². The molecule has 0 aliphatic carbocycles. The van der Waals surface area contributed by atoms with Crippen LogP contribution in [-0.4, -0.2) is 22.6 Å². The largest absolute Gasteiger partial charge is 0.512 e. The molecule has 0 amide bonds. The molecule has 0 aliphatic heterocycles. The number of aliphatic hydroxyl groups is 1. The van der Waals surface area contributed by atoms with Gasteiger partial charge in [0.25, 0.3) is 0 Å². The average Bonchev–Trinajstić information content (AvgIpc) is 2.82. The van der Waals surface area contributed by atoms with Gasteiger partial charge in [-0.2, -0.15) is 0 Å². The van der Waals surface area contributed by atoms with Crippen molar-refractivity contribution in [2.45, 2.75) is 55.4 Å². The van der Waals surface area contributed by atoms with Gasteiger partial charge in [0.05, 0.1) is 5.76 Å². The average molecular weight is 695 g/mol. The van der Waals surface area contributed by atoms with Crippen LogP contribution in [0.2, 0.25) is 0 Å². The van der Waals surface area contributed by atoms with Gasteiger partial charge in [-0.3, -0.25) is 4.79 Å². The number of nitrogens with zero attached hydrogens (tertiary/aromatic N) is 1. The molecule has 1 aromatic heterocycles. The van der Waals surface area contributed by atoms with Crippen LogP contribution in [0.15, 0.2) is 78.7 Å². The second-order valence-corrected chi connectivity index (χ2v) is 10.2. The Bertz CT molecular complexity index is 1350. The fraction of sp³-hybridized carbons (Fsp3) is 0.235. The molecule has 0 aliphatic rings. The number of aliphatic hydroxyl groups excluding tert-OH is 1. The second kappa shape index (κ2) is 14.2. The van der Waals surface area contributed by atoms with Crippen LogP contribution < -0.4 is 16.4 Å². The topological polar surface area (TPSA) is 50.2 Å². The first-order valence-corrected chi connectivity index (χ1v) is 12.9. The number of aryl methyl sites for hydroxylation is 6. The van der Waals surface area contributed by atoms with Crippen LogP contribution in [0.25, 0.3) is 11.3 Å². The number of allylic oxidation sites excluding steroid dienone is 2. The van der Waals surface area contributed by atoms with E-state index >= 15 is 0 Å². The van der Waals surface area contributed by atoms with E-state index in [9.17, 15) is 4.79 Å². The minimum absolute atomic E-state index is 0. The molecule has 0 saturated carbocycles. The molecule has 0 spiro atoms. The van der Waals surface area contributed by atoms with E-state index in [2.05, 4.69) is 95.1 Å². The Labute approximate surface area is 247 Å². The minimum Gasteiger partial charge on any atom is -0.512 e. The molecule has 0 fully saturated rings. The predicted molar refractivity (Wildman–Crippen MR) is 162 cm³/mol. The monoisotopic (exact) mass is 695 g/mol. The molecule has 0 saturated heterocycles. The van der Waals surface area contributed by atoms with E-state index in [1.807, 2.05) is 24.4 Å². The van der Waals surface area contributed by atoms with Gasteiger partial charge in [-0.15, -0.1) is 35.3 Å². The fourth-order valence-corrected chi connectivity index (χ4v) is 5.36. The summed E-state index contributed by atoms with van der Waals surface area (Å²) in [5.74, 6) is -0.0625. The SMILES string of the molecule is CC(=O)/C=C(/C)O.Cc1cc(C)c(B(c2c[c-]c(-c3ccccn3)cc2)c2c(C)cc(C)cc2C)c(C)c1.[Ir]. The van der Waals surface area contributed by atoms with E-state index in [1.165, 1.54) is 69.7 Å². The smallest absolute Gasteiger partial charge is 0.192 e. The predicted octanol–water partition coefficient (Wildman–Crippen LogP) is 5.95. The van der Waals surface area contributed by atoms with Gasteiger partial charge in [-0.25, -0.2) is 0 Å². The Balaban J connectivity index is 0.000000592. The molecule has 203 valence electrons. The van der Waals surface area contributed by atoms with Crippen molar-refractivity contribution in [1.82, 2.24) is 4.98 Å². The molecule has 0 bridgehead atoms. The molecule has 4 rings (SSSR count). The van der Waals surface area contributed by atoms with E-state index in [4.69, 9.17) is 5.11 Å². The van der Waals surface area contributed by atoms with Gasteiger partial charge in [0.15, 0.2) is 12.5 Å². The Morgan fingerprint density at radius 2 is 1.33 bits per heavy atom. The zero-order valence-corrected chi connectivity index (χ0v) is 26.5. The van der Waals surface area contributed by atoms with Gasteiger partial charge in [0, 0.05) is 32.4 Å². The van der Waals surface area contributed by atoms with E-state index in [-0.39, 0.29) is 38.4 Å². The van der Waals surface area contributed by atoms with Crippen LogP contribution in [-0.2, 0) is 24.9 Å². The summed E-state index contributed by atoms with van der Waals surface area (Å²) in [6.45, 7) is 16.4. The van der Waals surface area contributed by atoms with Crippen molar-refractivity contribution < 1.29 is 30.0 Å². The van der Waals surface area contributed by atoms with Crippen molar-refractivity contribution in [2.24, 2.45) is 0 Å². The summed E-state index contributed by atoms with van der Waals surface area (Å²) < 4.78 is 0. The normalized spacial score (nSPS) is 10.7. The second-order valence-electron chi connectivity index (χ2n) is 10.2. The van der Waals surface area contributed by atoms with Gasteiger partial charge >= 0.3 is 0 Å². The third kappa shape index (κ3) is 8.36. The Hall–Kier alpha value is -3.27. The Morgan fingerprint density at radius 1 is 0.821 bits per heavy atom. The molecule has 5 heteroatoms. The molecule has 3 nitrogen and oxygen atoms in total. The summed E-state index contributed by atoms with van der Waals surface area (Å²) in [5, 5.41) is 8.36. The fourth-order valence-electron chi connectivity index (χ4n) is 5.36. The summed E-state index contributed by atoms with van der Waals surface area (Å²) in [4.78, 5) is 14.5. The Kier molecular flexibility index (Phi) is 11.6. The molecule has 4 aromatic rings. The maximum absolute atomic E-state index is 10.0. The zero-order valence-electron chi connectivity index (χ0n) is 24.1. The summed E-state index contributed by atoms with van der Waals surface area (Å²) in [6, 6.07) is 25.3. The number of aromatic nitrogens is 1. The first-order valence-electron chi connectivity index (χ1n) is 12.9. The van der Waals surface area contributed by atoms with Crippen LogP contribution in [0, 0.1) is 47.6 Å². The minimum atomic E-state index is -0.125. The molecular weight excluding hydrogens is 657 g/mol. The molecule has 3 aromatic carbocycles. The third-order valence-electron chi connectivity index (χ3n) is 6.58. The molecule has 1 heterocycles. The number of carbonyl (C=O) groups is 1. The van der Waals surface area contributed by atoms with Gasteiger partial charge in [0.2, 0.25) is 0 Å². The number of ketones is 1. The number of hydrogen-bond acceptors (Lipinski definition) is 3. The summed E-state index contributed by atoms with van der Waals surface area (Å²) >= 11 is 0. The number of carbonyl (C=O) groups excluding carboxylic acids is 1. The van der Waals surface area contributed by atoms with Crippen LogP contribution in [0.4, 0.5) is 0 Å². The summed E-state index contributed by atoms with van der Waals surface area (Å²) in [5.41, 5.74) is 14.1. The number of benzene rings is 3. The van der Waals surface area contributed by atoms with Crippen molar-refractivity contribution in [1.29, 1.82) is 0 Å². The molecular formula is C34H37BIrNO2-. The number of pyridine rings is 1. The molecule has 39 heavy (non-hydrogen) atoms. The quantitative estimate of drug-likeness (QED) is 0.122. The maximum atomic E-state index is 10.0. The Morgan fingerprint density at radius 3 is 1.67 bits per heavy atom. The van der Waals surface area contributed by atoms with Gasteiger partial charge in [-0.1, -0.05) is 80.7 Å². The van der Waals surface area contributed by atoms with E-state index in [1.54, 1.807) is 0 Å². The first kappa shape index (κ1) is 31.9. The van der Waals surface area contributed by atoms with E-state index < -0.39 is 0 Å². The van der Waals surface area contributed by atoms with Gasteiger partial charge in [-0.05, 0) is 67.2 Å². The number of rotatable bonds is 5. The van der Waals surface area contributed by atoms with Crippen molar-refractivity contribution in [3.8, 4) is 11.3 Å². The van der Waals surface area contributed by atoms with Crippen LogP contribution in [0.1, 0.15) is 47.2 Å². The summed E-state index contributed by atoms with van der Waals surface area (Å²) in [7, 11) is 0. The van der Waals surface area contributed by atoms with Gasteiger partial charge < -0.3 is 10.1 Å². The van der Waals surface area contributed by atoms with Crippen molar-refractivity contribution >= 4 is 28.9 Å². The summed E-state index contributed by atoms with van der Waals surface area (Å²) in [6.07, 6.45) is 3.00. The maximum Gasteiger partial charge on any atom is 0.192 e. The standard InChI is InChI=1S/C29H29BN.C5H8O2.Ir/c1-19-15-21(3)28(22(4)16-19)30(29-23(5)17-20(2)18-24(29)6)26-12-10-25(11-13-26)27-9-7-8-14-31-27;1-4(6)3-5(2)7;/h7-10,12-18H,1-6H3;3,6H,1-2H3;/q-1;;/b;4-3-;. The van der Waals surface area contributed by atoms with E-state index in [0.717, 1.165) is 11.3 Å². The van der Waals surface area contributed by atoms with Crippen molar-refractivity contribution in [3.05, 3.63) is 118 Å². The van der Waals surface area contributed by atoms with Crippen LogP contribution >= 0.6 is 0 Å². The number of hydrogen-bond donors (Lipinski definition) is 1. The molecule has 0 unspecified atom stereocenters. The van der Waals surface area contributed by atoms with Crippen molar-refractivity contribution in [3.63, 3.8) is 0 Å². The molecule has 0 atom stereocenters. The third-order valence-corrected chi connectivity index (χ3v) is 6.58. The molecule has 1 N–H and O–H groups in total. The van der Waals surface area contributed by atoms with Crippen LogP contribution in [0.3, 0.4) is 0 Å². The van der Waals surface area contributed by atoms with Crippen LogP contribution in [0.5, 0.6) is 0 Å². The molecule has 1 radical (unpaired) electrons. The van der Waals surface area contributed by atoms with Gasteiger partial charge in [0.1, 0.15) is 0 Å². The first-order chi connectivity index (χ1) is 18.0. The zero-order chi connectivity index (χ0) is 28.0. The van der Waals surface area contributed by atoms with E-state index in [0.29, 0.717) is 0 Å².